The standard InChI is InChI=1S/C19H25Cl2N7/c20-14-11-15(21)13-16(12-14)25-26-17-22-18(27-7-3-1-4-8-27)24-19(23-17)28-9-5-2-6-10-28/h11-13,25H,1-10H2,(H,22,23,24,26). The largest absolute Gasteiger partial charge is 0.341 e. The number of piperidine rings is 2. The number of hydrazine groups is 1. The Morgan fingerprint density at radius 2 is 1.14 bits per heavy atom. The molecule has 150 valence electrons. The summed E-state index contributed by atoms with van der Waals surface area (Å²) < 4.78 is 0. The van der Waals surface area contributed by atoms with Crippen molar-refractivity contribution in [2.24, 2.45) is 0 Å². The average Bonchev–Trinajstić information content (AvgIpc) is 2.73. The van der Waals surface area contributed by atoms with Gasteiger partial charge in [-0.3, -0.25) is 10.9 Å². The summed E-state index contributed by atoms with van der Waals surface area (Å²) in [4.78, 5) is 18.6. The second kappa shape index (κ2) is 9.01. The monoisotopic (exact) mass is 421 g/mol. The maximum atomic E-state index is 6.08. The summed E-state index contributed by atoms with van der Waals surface area (Å²) in [7, 11) is 0. The third-order valence-electron chi connectivity index (χ3n) is 5.07. The molecule has 0 spiro atoms. The van der Waals surface area contributed by atoms with E-state index in [2.05, 4.69) is 30.6 Å². The molecule has 2 aliphatic rings. The van der Waals surface area contributed by atoms with Gasteiger partial charge in [-0.15, -0.1) is 0 Å². The van der Waals surface area contributed by atoms with Crippen molar-refractivity contribution in [3.8, 4) is 0 Å². The molecule has 0 unspecified atom stereocenters. The van der Waals surface area contributed by atoms with Crippen LogP contribution in [0.4, 0.5) is 23.5 Å². The fourth-order valence-corrected chi connectivity index (χ4v) is 4.16. The molecule has 2 N–H and O–H groups in total. The van der Waals surface area contributed by atoms with Crippen LogP contribution in [0.5, 0.6) is 0 Å². The molecule has 4 rings (SSSR count). The van der Waals surface area contributed by atoms with E-state index in [1.807, 2.05) is 0 Å². The number of nitrogens with one attached hydrogen (secondary N) is 2. The number of rotatable bonds is 5. The van der Waals surface area contributed by atoms with Crippen LogP contribution in [-0.2, 0) is 0 Å². The molecule has 3 heterocycles. The van der Waals surface area contributed by atoms with Crippen LogP contribution >= 0.6 is 23.2 Å². The Bertz CT molecular complexity index is 748. The number of halogens is 2. The summed E-state index contributed by atoms with van der Waals surface area (Å²) in [5.41, 5.74) is 6.93. The molecule has 2 aliphatic heterocycles. The minimum Gasteiger partial charge on any atom is -0.341 e. The maximum Gasteiger partial charge on any atom is 0.248 e. The van der Waals surface area contributed by atoms with Crippen molar-refractivity contribution in [2.75, 3.05) is 46.8 Å². The van der Waals surface area contributed by atoms with Gasteiger partial charge >= 0.3 is 0 Å². The Morgan fingerprint density at radius 1 is 0.643 bits per heavy atom. The number of hydrogen-bond acceptors (Lipinski definition) is 7. The van der Waals surface area contributed by atoms with Crippen LogP contribution in [0.25, 0.3) is 0 Å². The highest BCUT2D eigenvalue weighted by Crippen LogP contribution is 2.24. The molecule has 7 nitrogen and oxygen atoms in total. The molecule has 0 atom stereocenters. The van der Waals surface area contributed by atoms with Gasteiger partial charge in [0.2, 0.25) is 17.8 Å². The molecule has 9 heteroatoms. The van der Waals surface area contributed by atoms with Gasteiger partial charge in [0.05, 0.1) is 5.69 Å². The molecular weight excluding hydrogens is 397 g/mol. The van der Waals surface area contributed by atoms with E-state index in [1.54, 1.807) is 18.2 Å². The molecule has 0 saturated carbocycles. The third-order valence-corrected chi connectivity index (χ3v) is 5.51. The van der Waals surface area contributed by atoms with Gasteiger partial charge in [-0.2, -0.15) is 15.0 Å². The van der Waals surface area contributed by atoms with E-state index in [1.165, 1.54) is 38.5 Å². The molecule has 0 bridgehead atoms. The lowest BCUT2D eigenvalue weighted by molar-refractivity contribution is 0.556. The Kier molecular flexibility index (Phi) is 6.22. The van der Waals surface area contributed by atoms with E-state index in [4.69, 9.17) is 28.2 Å². The SMILES string of the molecule is Clc1cc(Cl)cc(NNc2nc(N3CCCCC3)nc(N3CCCCC3)n2)c1. The Hall–Kier alpha value is -1.99. The number of nitrogens with zero attached hydrogens (tertiary/aromatic N) is 5. The van der Waals surface area contributed by atoms with Gasteiger partial charge in [-0.25, -0.2) is 0 Å². The number of benzene rings is 1. The first-order valence-corrected chi connectivity index (χ1v) is 10.7. The van der Waals surface area contributed by atoms with E-state index in [9.17, 15) is 0 Å². The number of aromatic nitrogens is 3. The molecule has 2 aromatic rings. The third kappa shape index (κ3) is 4.89. The predicted octanol–water partition coefficient (Wildman–Crippen LogP) is 4.60. The van der Waals surface area contributed by atoms with Gasteiger partial charge < -0.3 is 9.80 Å². The van der Waals surface area contributed by atoms with Gasteiger partial charge in [0, 0.05) is 36.2 Å². The van der Waals surface area contributed by atoms with Crippen LogP contribution in [0, 0.1) is 0 Å². The molecule has 2 saturated heterocycles. The molecule has 0 aliphatic carbocycles. The van der Waals surface area contributed by atoms with Crippen LogP contribution in [0.1, 0.15) is 38.5 Å². The minimum absolute atomic E-state index is 0.493. The van der Waals surface area contributed by atoms with E-state index >= 15 is 0 Å². The highest BCUT2D eigenvalue weighted by Gasteiger charge is 2.20. The van der Waals surface area contributed by atoms with Crippen molar-refractivity contribution in [2.45, 2.75) is 38.5 Å². The van der Waals surface area contributed by atoms with Crippen molar-refractivity contribution >= 4 is 46.7 Å². The normalized spacial score (nSPS) is 17.5. The van der Waals surface area contributed by atoms with Crippen LogP contribution in [0.2, 0.25) is 10.0 Å². The van der Waals surface area contributed by atoms with Gasteiger partial charge in [0.15, 0.2) is 0 Å². The summed E-state index contributed by atoms with van der Waals surface area (Å²) in [6, 6.07) is 5.28. The summed E-state index contributed by atoms with van der Waals surface area (Å²) >= 11 is 12.2. The van der Waals surface area contributed by atoms with Crippen molar-refractivity contribution in [1.29, 1.82) is 0 Å². The van der Waals surface area contributed by atoms with Crippen molar-refractivity contribution < 1.29 is 0 Å². The number of anilines is 4. The fraction of sp³-hybridized carbons (Fsp3) is 0.526. The second-order valence-electron chi connectivity index (χ2n) is 7.26. The quantitative estimate of drug-likeness (QED) is 0.683. The maximum absolute atomic E-state index is 6.08. The molecule has 0 amide bonds. The van der Waals surface area contributed by atoms with E-state index < -0.39 is 0 Å². The van der Waals surface area contributed by atoms with Gasteiger partial charge in [-0.05, 0) is 56.7 Å². The Labute approximate surface area is 175 Å². The van der Waals surface area contributed by atoms with Crippen molar-refractivity contribution in [3.05, 3.63) is 28.2 Å². The summed E-state index contributed by atoms with van der Waals surface area (Å²) in [6.07, 6.45) is 7.23. The first-order chi connectivity index (χ1) is 13.7. The lowest BCUT2D eigenvalue weighted by Gasteiger charge is -2.30. The van der Waals surface area contributed by atoms with E-state index in [0.717, 1.165) is 43.8 Å². The van der Waals surface area contributed by atoms with Crippen LogP contribution < -0.4 is 20.7 Å². The first kappa shape index (κ1) is 19.3. The Balaban J connectivity index is 1.57. The zero-order valence-corrected chi connectivity index (χ0v) is 17.3. The second-order valence-corrected chi connectivity index (χ2v) is 8.14. The summed E-state index contributed by atoms with van der Waals surface area (Å²) in [6.45, 7) is 3.95. The molecule has 28 heavy (non-hydrogen) atoms. The van der Waals surface area contributed by atoms with Crippen LogP contribution in [0.15, 0.2) is 18.2 Å². The Morgan fingerprint density at radius 3 is 1.64 bits per heavy atom. The smallest absolute Gasteiger partial charge is 0.248 e. The van der Waals surface area contributed by atoms with Crippen LogP contribution in [-0.4, -0.2) is 41.1 Å². The molecule has 2 fully saturated rings. The van der Waals surface area contributed by atoms with Crippen molar-refractivity contribution in [1.82, 2.24) is 15.0 Å². The molecular formula is C19H25Cl2N7. The topological polar surface area (TPSA) is 69.2 Å². The van der Waals surface area contributed by atoms with Crippen LogP contribution in [0.3, 0.4) is 0 Å². The molecule has 1 aromatic carbocycles. The highest BCUT2D eigenvalue weighted by molar-refractivity contribution is 6.35. The minimum atomic E-state index is 0.493. The zero-order valence-electron chi connectivity index (χ0n) is 15.8. The van der Waals surface area contributed by atoms with Crippen molar-refractivity contribution in [3.63, 3.8) is 0 Å². The average molecular weight is 422 g/mol. The molecule has 1 aromatic heterocycles. The lowest BCUT2D eigenvalue weighted by atomic mass is 10.1. The molecule has 0 radical (unpaired) electrons. The fourth-order valence-electron chi connectivity index (χ4n) is 3.63. The van der Waals surface area contributed by atoms with E-state index in [0.29, 0.717) is 16.0 Å². The summed E-state index contributed by atoms with van der Waals surface area (Å²) in [5.74, 6) is 1.97. The first-order valence-electron chi connectivity index (χ1n) is 9.91. The lowest BCUT2D eigenvalue weighted by Crippen LogP contribution is -2.34. The van der Waals surface area contributed by atoms with Gasteiger partial charge in [0.1, 0.15) is 0 Å². The summed E-state index contributed by atoms with van der Waals surface area (Å²) in [5, 5.41) is 1.13. The zero-order chi connectivity index (χ0) is 19.3. The highest BCUT2D eigenvalue weighted by atomic mass is 35.5. The van der Waals surface area contributed by atoms with Gasteiger partial charge in [0.25, 0.3) is 0 Å². The van der Waals surface area contributed by atoms with E-state index in [-0.39, 0.29) is 0 Å². The number of hydrogen-bond donors (Lipinski definition) is 2. The van der Waals surface area contributed by atoms with Gasteiger partial charge in [-0.1, -0.05) is 23.2 Å². The predicted molar refractivity (Wildman–Crippen MR) is 116 cm³/mol.